The summed E-state index contributed by atoms with van der Waals surface area (Å²) < 4.78 is 1.86. The van der Waals surface area contributed by atoms with Crippen molar-refractivity contribution in [1.82, 2.24) is 24.6 Å². The second kappa shape index (κ2) is 5.81. The number of aromatic nitrogens is 4. The van der Waals surface area contributed by atoms with Crippen molar-refractivity contribution >= 4 is 5.95 Å². The fourth-order valence-corrected chi connectivity index (χ4v) is 2.77. The average Bonchev–Trinajstić information content (AvgIpc) is 2.84. The van der Waals surface area contributed by atoms with Gasteiger partial charge in [-0.05, 0) is 19.9 Å². The van der Waals surface area contributed by atoms with Crippen molar-refractivity contribution in [3.63, 3.8) is 0 Å². The molecule has 2 aromatic rings. The molecule has 112 valence electrons. The molecule has 0 spiro atoms. The van der Waals surface area contributed by atoms with E-state index in [0.717, 1.165) is 50.1 Å². The van der Waals surface area contributed by atoms with E-state index in [1.165, 1.54) is 5.56 Å². The molecule has 1 fully saturated rings. The van der Waals surface area contributed by atoms with Crippen LogP contribution in [0.2, 0.25) is 0 Å². The normalized spacial score (nSPS) is 16.4. The Morgan fingerprint density at radius 2 is 1.71 bits per heavy atom. The minimum Gasteiger partial charge on any atom is -0.338 e. The molecule has 6 nitrogen and oxygen atoms in total. The molecule has 3 heterocycles. The lowest BCUT2D eigenvalue weighted by atomic mass is 10.2. The number of nitrogens with zero attached hydrogens (tertiary/aromatic N) is 6. The molecule has 0 radical (unpaired) electrons. The number of aryl methyl sites for hydroxylation is 3. The minimum absolute atomic E-state index is 0.869. The Kier molecular flexibility index (Phi) is 3.88. The topological polar surface area (TPSA) is 50.1 Å². The molecule has 0 amide bonds. The van der Waals surface area contributed by atoms with Gasteiger partial charge in [0.2, 0.25) is 5.95 Å². The fourth-order valence-electron chi connectivity index (χ4n) is 2.77. The van der Waals surface area contributed by atoms with E-state index in [1.807, 2.05) is 37.8 Å². The second-order valence-electron chi connectivity index (χ2n) is 5.74. The van der Waals surface area contributed by atoms with Crippen LogP contribution in [0.4, 0.5) is 5.95 Å². The first-order valence-electron chi connectivity index (χ1n) is 7.37. The third-order valence-electron chi connectivity index (χ3n) is 3.79. The summed E-state index contributed by atoms with van der Waals surface area (Å²) in [6.07, 6.45) is 4.03. The van der Waals surface area contributed by atoms with Crippen molar-refractivity contribution < 1.29 is 0 Å². The third-order valence-corrected chi connectivity index (χ3v) is 3.79. The summed E-state index contributed by atoms with van der Waals surface area (Å²) >= 11 is 0. The summed E-state index contributed by atoms with van der Waals surface area (Å²) in [5.41, 5.74) is 3.35. The number of hydrogen-bond acceptors (Lipinski definition) is 5. The van der Waals surface area contributed by atoms with Crippen LogP contribution in [0, 0.1) is 13.8 Å². The summed E-state index contributed by atoms with van der Waals surface area (Å²) in [6.45, 7) is 9.03. The van der Waals surface area contributed by atoms with Gasteiger partial charge in [-0.2, -0.15) is 5.10 Å². The minimum atomic E-state index is 0.869. The van der Waals surface area contributed by atoms with Gasteiger partial charge in [0.05, 0.1) is 6.20 Å². The van der Waals surface area contributed by atoms with Crippen LogP contribution in [0.15, 0.2) is 18.5 Å². The number of hydrogen-bond donors (Lipinski definition) is 0. The zero-order valence-electron chi connectivity index (χ0n) is 13.0. The predicted octanol–water partition coefficient (Wildman–Crippen LogP) is 1.15. The fraction of sp³-hybridized carbons (Fsp3) is 0.533. The highest BCUT2D eigenvalue weighted by Gasteiger charge is 2.19. The van der Waals surface area contributed by atoms with Crippen LogP contribution in [-0.2, 0) is 13.6 Å². The lowest BCUT2D eigenvalue weighted by molar-refractivity contribution is 0.248. The molecule has 0 bridgehead atoms. The van der Waals surface area contributed by atoms with Gasteiger partial charge in [-0.1, -0.05) is 0 Å². The highest BCUT2D eigenvalue weighted by molar-refractivity contribution is 5.32. The van der Waals surface area contributed by atoms with Crippen molar-refractivity contribution in [2.75, 3.05) is 31.1 Å². The van der Waals surface area contributed by atoms with Crippen molar-refractivity contribution in [1.29, 1.82) is 0 Å². The molecule has 0 unspecified atom stereocenters. The molecule has 0 atom stereocenters. The second-order valence-corrected chi connectivity index (χ2v) is 5.74. The first kappa shape index (κ1) is 14.0. The van der Waals surface area contributed by atoms with Gasteiger partial charge in [-0.3, -0.25) is 9.58 Å². The van der Waals surface area contributed by atoms with E-state index in [4.69, 9.17) is 0 Å². The summed E-state index contributed by atoms with van der Waals surface area (Å²) in [5, 5.41) is 4.22. The van der Waals surface area contributed by atoms with E-state index < -0.39 is 0 Å². The Hall–Kier alpha value is -1.95. The smallest absolute Gasteiger partial charge is 0.225 e. The van der Waals surface area contributed by atoms with Gasteiger partial charge in [-0.25, -0.2) is 9.97 Å². The highest BCUT2D eigenvalue weighted by atomic mass is 15.3. The third kappa shape index (κ3) is 3.39. The molecule has 0 aliphatic carbocycles. The summed E-state index contributed by atoms with van der Waals surface area (Å²) in [4.78, 5) is 13.8. The average molecular weight is 286 g/mol. The molecule has 1 aliphatic heterocycles. The van der Waals surface area contributed by atoms with Crippen molar-refractivity contribution in [3.05, 3.63) is 35.4 Å². The van der Waals surface area contributed by atoms with Crippen LogP contribution < -0.4 is 4.90 Å². The van der Waals surface area contributed by atoms with E-state index in [9.17, 15) is 0 Å². The molecule has 1 saturated heterocycles. The van der Waals surface area contributed by atoms with E-state index in [-0.39, 0.29) is 0 Å². The van der Waals surface area contributed by atoms with Crippen LogP contribution in [0.1, 0.15) is 17.0 Å². The van der Waals surface area contributed by atoms with E-state index in [1.54, 1.807) is 0 Å². The largest absolute Gasteiger partial charge is 0.338 e. The van der Waals surface area contributed by atoms with E-state index >= 15 is 0 Å². The Bertz CT molecular complexity index is 592. The van der Waals surface area contributed by atoms with Gasteiger partial charge < -0.3 is 4.90 Å². The predicted molar refractivity (Wildman–Crippen MR) is 82.2 cm³/mol. The molecule has 1 aliphatic rings. The molecule has 2 aromatic heterocycles. The molecular formula is C15H22N6. The summed E-state index contributed by atoms with van der Waals surface area (Å²) in [5.74, 6) is 0.869. The molecule has 6 heteroatoms. The highest BCUT2D eigenvalue weighted by Crippen LogP contribution is 2.14. The Morgan fingerprint density at radius 3 is 2.29 bits per heavy atom. The number of piperazine rings is 1. The Morgan fingerprint density at radius 1 is 1.05 bits per heavy atom. The lowest BCUT2D eigenvalue weighted by Crippen LogP contribution is -2.46. The summed E-state index contributed by atoms with van der Waals surface area (Å²) in [6, 6.07) is 2.02. The van der Waals surface area contributed by atoms with Crippen LogP contribution in [0.5, 0.6) is 0 Å². The number of anilines is 1. The standard InChI is InChI=1S/C15H22N6/c1-12-8-13(2)18-15(17-12)21-6-4-20(5-7-21)11-14-9-16-19(3)10-14/h8-10H,4-7,11H2,1-3H3. The first-order valence-corrected chi connectivity index (χ1v) is 7.37. The SMILES string of the molecule is Cc1cc(C)nc(N2CCN(Cc3cnn(C)c3)CC2)n1. The summed E-state index contributed by atoms with van der Waals surface area (Å²) in [7, 11) is 1.96. The molecule has 3 rings (SSSR count). The van der Waals surface area contributed by atoms with Gasteiger partial charge in [-0.15, -0.1) is 0 Å². The molecule has 0 aromatic carbocycles. The van der Waals surface area contributed by atoms with Crippen LogP contribution in [0.25, 0.3) is 0 Å². The zero-order valence-corrected chi connectivity index (χ0v) is 13.0. The van der Waals surface area contributed by atoms with Crippen LogP contribution >= 0.6 is 0 Å². The molecule has 21 heavy (non-hydrogen) atoms. The van der Waals surface area contributed by atoms with Gasteiger partial charge >= 0.3 is 0 Å². The van der Waals surface area contributed by atoms with E-state index in [0.29, 0.717) is 0 Å². The van der Waals surface area contributed by atoms with Gasteiger partial charge in [0.15, 0.2) is 0 Å². The number of rotatable bonds is 3. The monoisotopic (exact) mass is 286 g/mol. The molecule has 0 N–H and O–H groups in total. The van der Waals surface area contributed by atoms with Crippen LogP contribution in [0.3, 0.4) is 0 Å². The van der Waals surface area contributed by atoms with Crippen molar-refractivity contribution in [2.24, 2.45) is 7.05 Å². The van der Waals surface area contributed by atoms with Gasteiger partial charge in [0.1, 0.15) is 0 Å². The zero-order chi connectivity index (χ0) is 14.8. The van der Waals surface area contributed by atoms with Crippen LogP contribution in [-0.4, -0.2) is 50.8 Å². The maximum Gasteiger partial charge on any atom is 0.225 e. The maximum atomic E-state index is 4.55. The van der Waals surface area contributed by atoms with E-state index in [2.05, 4.69) is 31.1 Å². The molecule has 0 saturated carbocycles. The Labute approximate surface area is 125 Å². The van der Waals surface area contributed by atoms with Crippen molar-refractivity contribution in [2.45, 2.75) is 20.4 Å². The quantitative estimate of drug-likeness (QED) is 0.847. The van der Waals surface area contributed by atoms with Gasteiger partial charge in [0, 0.05) is 62.9 Å². The Balaban J connectivity index is 1.59. The van der Waals surface area contributed by atoms with Crippen molar-refractivity contribution in [3.8, 4) is 0 Å². The molecular weight excluding hydrogens is 264 g/mol. The first-order chi connectivity index (χ1) is 10.1. The lowest BCUT2D eigenvalue weighted by Gasteiger charge is -2.34. The maximum absolute atomic E-state index is 4.55. The van der Waals surface area contributed by atoms with Gasteiger partial charge in [0.25, 0.3) is 0 Å².